The van der Waals surface area contributed by atoms with Gasteiger partial charge in [-0.25, -0.2) is 0 Å². The molecule has 5 heterocycles. The Bertz CT molecular complexity index is 1460. The highest BCUT2D eigenvalue weighted by Crippen LogP contribution is 2.47. The number of rotatable bonds is 8. The fourth-order valence-corrected chi connectivity index (χ4v) is 7.61. The number of likely N-dealkylation sites (tertiary alicyclic amines) is 1. The van der Waals surface area contributed by atoms with Gasteiger partial charge in [-0.2, -0.15) is 0 Å². The molecule has 7 rings (SSSR count). The van der Waals surface area contributed by atoms with Crippen LogP contribution in [0.2, 0.25) is 0 Å². The minimum absolute atomic E-state index is 0.0499. The number of hydrogen-bond acceptors (Lipinski definition) is 7. The van der Waals surface area contributed by atoms with Crippen molar-refractivity contribution in [2.45, 2.75) is 82.8 Å². The number of nitrogens with one attached hydrogen (secondary N) is 1. The van der Waals surface area contributed by atoms with Gasteiger partial charge in [0.25, 0.3) is 5.91 Å². The maximum absolute atomic E-state index is 14.3. The number of aromatic nitrogens is 1. The van der Waals surface area contributed by atoms with Crippen molar-refractivity contribution in [1.82, 2.24) is 20.1 Å². The van der Waals surface area contributed by atoms with Crippen LogP contribution in [0.4, 0.5) is 0 Å². The van der Waals surface area contributed by atoms with Crippen LogP contribution in [0.3, 0.4) is 0 Å². The van der Waals surface area contributed by atoms with Gasteiger partial charge in [0.2, 0.25) is 11.5 Å². The predicted molar refractivity (Wildman–Crippen MR) is 162 cm³/mol. The lowest BCUT2D eigenvalue weighted by Gasteiger charge is -2.36. The first-order valence-corrected chi connectivity index (χ1v) is 15.6. The summed E-state index contributed by atoms with van der Waals surface area (Å²) in [5.74, 6) is 1.45. The molecule has 1 amide bonds. The molecule has 2 aromatic carbocycles. The van der Waals surface area contributed by atoms with Gasteiger partial charge in [0.1, 0.15) is 0 Å². The molecule has 3 fully saturated rings. The van der Waals surface area contributed by atoms with Gasteiger partial charge in [0.15, 0.2) is 11.5 Å². The van der Waals surface area contributed by atoms with Gasteiger partial charge in [0, 0.05) is 56.0 Å². The zero-order chi connectivity index (χ0) is 28.8. The molecule has 8 nitrogen and oxygen atoms in total. The minimum Gasteiger partial charge on any atom is -0.493 e. The number of nitrogens with zero attached hydrogens (tertiary/aromatic N) is 3. The third-order valence-electron chi connectivity index (χ3n) is 9.48. The highest BCUT2D eigenvalue weighted by Gasteiger charge is 2.38. The first-order chi connectivity index (χ1) is 20.3. The van der Waals surface area contributed by atoms with Crippen molar-refractivity contribution < 1.29 is 19.0 Å². The summed E-state index contributed by atoms with van der Waals surface area (Å²) >= 11 is 0. The quantitative estimate of drug-likeness (QED) is 0.389. The molecule has 4 atom stereocenters. The molecular weight excluding hydrogens is 528 g/mol. The second-order valence-electron chi connectivity index (χ2n) is 13.1. The Morgan fingerprint density at radius 1 is 1.10 bits per heavy atom. The first-order valence-electron chi connectivity index (χ1n) is 15.6. The van der Waals surface area contributed by atoms with Crippen LogP contribution in [0.25, 0.3) is 10.9 Å². The molecule has 3 saturated heterocycles. The molecule has 2 bridgehead atoms. The van der Waals surface area contributed by atoms with Gasteiger partial charge in [0.05, 0.1) is 24.9 Å². The average Bonchev–Trinajstić information content (AvgIpc) is 3.66. The van der Waals surface area contributed by atoms with Gasteiger partial charge < -0.3 is 24.4 Å². The molecule has 0 unspecified atom stereocenters. The van der Waals surface area contributed by atoms with Crippen LogP contribution >= 0.6 is 0 Å². The summed E-state index contributed by atoms with van der Waals surface area (Å²) in [5.41, 5.74) is 2.36. The standard InChI is InChI=1S/C34H42N4O4/c1-34(2)41-31-18-24(17-30(40-3)32(31)42-34)33(39)38(20-27-11-10-23-7-4-5-9-29(23)36-27)21-28-8-6-14-37(28)19-22-15-25-12-13-26(16-22)35-25/h4-5,7,9-11,17-18,22,25-26,28,35H,6,8,12-16,19-21H2,1-3H3/t22-,25-,26+,28-/m0/s1. The molecule has 3 aromatic rings. The number of carbonyl (C=O) groups excluding carboxylic acids is 1. The van der Waals surface area contributed by atoms with Crippen molar-refractivity contribution in [1.29, 1.82) is 0 Å². The van der Waals surface area contributed by atoms with E-state index < -0.39 is 5.79 Å². The second kappa shape index (κ2) is 11.0. The van der Waals surface area contributed by atoms with Crippen LogP contribution in [0.5, 0.6) is 17.2 Å². The fourth-order valence-electron chi connectivity index (χ4n) is 7.61. The molecule has 4 aliphatic rings. The van der Waals surface area contributed by atoms with Gasteiger partial charge in [-0.05, 0) is 75.3 Å². The zero-order valence-electron chi connectivity index (χ0n) is 25.0. The molecule has 0 radical (unpaired) electrons. The number of benzene rings is 2. The highest BCUT2D eigenvalue weighted by molar-refractivity contribution is 5.96. The monoisotopic (exact) mass is 570 g/mol. The van der Waals surface area contributed by atoms with Crippen LogP contribution in [0.15, 0.2) is 48.5 Å². The van der Waals surface area contributed by atoms with Crippen molar-refractivity contribution in [3.63, 3.8) is 0 Å². The van der Waals surface area contributed by atoms with E-state index in [-0.39, 0.29) is 5.91 Å². The van der Waals surface area contributed by atoms with Gasteiger partial charge in [-0.15, -0.1) is 0 Å². The molecule has 0 saturated carbocycles. The Labute approximate surface area is 248 Å². The highest BCUT2D eigenvalue weighted by atomic mass is 16.7. The van der Waals surface area contributed by atoms with E-state index in [1.165, 1.54) is 32.1 Å². The molecule has 1 N–H and O–H groups in total. The maximum Gasteiger partial charge on any atom is 0.254 e. The molecule has 0 spiro atoms. The van der Waals surface area contributed by atoms with Gasteiger partial charge in [-0.1, -0.05) is 24.3 Å². The fraction of sp³-hybridized carbons (Fsp3) is 0.529. The van der Waals surface area contributed by atoms with E-state index in [1.54, 1.807) is 19.2 Å². The molecule has 222 valence electrons. The number of piperidine rings is 1. The zero-order valence-corrected chi connectivity index (χ0v) is 25.0. The van der Waals surface area contributed by atoms with Crippen LogP contribution < -0.4 is 19.5 Å². The van der Waals surface area contributed by atoms with Crippen LogP contribution in [0, 0.1) is 5.92 Å². The lowest BCUT2D eigenvalue weighted by atomic mass is 9.92. The topological polar surface area (TPSA) is 76.2 Å². The van der Waals surface area contributed by atoms with Gasteiger partial charge in [-0.3, -0.25) is 14.7 Å². The third kappa shape index (κ3) is 5.54. The van der Waals surface area contributed by atoms with E-state index >= 15 is 0 Å². The molecular formula is C34H42N4O4. The summed E-state index contributed by atoms with van der Waals surface area (Å²) in [6.45, 7) is 7.04. The number of hydrogen-bond donors (Lipinski definition) is 1. The number of fused-ring (bicyclic) bond motifs is 4. The summed E-state index contributed by atoms with van der Waals surface area (Å²) in [6, 6.07) is 17.6. The number of para-hydroxylation sites is 1. The predicted octanol–water partition coefficient (Wildman–Crippen LogP) is 5.39. The lowest BCUT2D eigenvalue weighted by molar-refractivity contribution is -0.0439. The Kier molecular flexibility index (Phi) is 7.22. The summed E-state index contributed by atoms with van der Waals surface area (Å²) in [4.78, 5) is 23.9. The minimum atomic E-state index is -0.815. The van der Waals surface area contributed by atoms with E-state index in [2.05, 4.69) is 22.3 Å². The largest absolute Gasteiger partial charge is 0.493 e. The van der Waals surface area contributed by atoms with E-state index in [1.807, 2.05) is 43.0 Å². The first kappa shape index (κ1) is 27.5. The van der Waals surface area contributed by atoms with E-state index in [9.17, 15) is 4.79 Å². The second-order valence-corrected chi connectivity index (χ2v) is 13.1. The molecule has 4 aliphatic heterocycles. The Morgan fingerprint density at radius 3 is 2.71 bits per heavy atom. The number of carbonyl (C=O) groups is 1. The molecule has 42 heavy (non-hydrogen) atoms. The average molecular weight is 571 g/mol. The van der Waals surface area contributed by atoms with Crippen LogP contribution in [-0.4, -0.2) is 71.3 Å². The normalized spacial score (nSPS) is 26.1. The summed E-state index contributed by atoms with van der Waals surface area (Å²) < 4.78 is 17.6. The van der Waals surface area contributed by atoms with Crippen LogP contribution in [-0.2, 0) is 6.54 Å². The van der Waals surface area contributed by atoms with Crippen LogP contribution in [0.1, 0.15) is 68.4 Å². The van der Waals surface area contributed by atoms with Crippen molar-refractivity contribution >= 4 is 16.8 Å². The maximum atomic E-state index is 14.3. The molecule has 1 aromatic heterocycles. The third-order valence-corrected chi connectivity index (χ3v) is 9.48. The molecule has 0 aliphatic carbocycles. The SMILES string of the molecule is COc1cc(C(=O)N(Cc2ccc3ccccc3n2)C[C@@H]2CCCN2C[C@@H]2C[C@H]3CC[C@@H](C2)N3)cc2c1OC(C)(C)O2. The van der Waals surface area contributed by atoms with E-state index in [4.69, 9.17) is 19.2 Å². The van der Waals surface area contributed by atoms with Gasteiger partial charge >= 0.3 is 0 Å². The molecule has 8 heteroatoms. The summed E-state index contributed by atoms with van der Waals surface area (Å²) in [5, 5.41) is 4.88. The Balaban J connectivity index is 1.16. The van der Waals surface area contributed by atoms with Crippen molar-refractivity contribution in [2.75, 3.05) is 26.7 Å². The lowest BCUT2D eigenvalue weighted by Crippen LogP contribution is -2.47. The van der Waals surface area contributed by atoms with E-state index in [0.717, 1.165) is 42.0 Å². The van der Waals surface area contributed by atoms with Crippen molar-refractivity contribution in [2.24, 2.45) is 5.92 Å². The number of methoxy groups -OCH3 is 1. The summed E-state index contributed by atoms with van der Waals surface area (Å²) in [7, 11) is 1.60. The number of amides is 1. The smallest absolute Gasteiger partial charge is 0.254 e. The Morgan fingerprint density at radius 2 is 1.90 bits per heavy atom. The number of ether oxygens (including phenoxy) is 3. The Hall–Kier alpha value is -3.36. The summed E-state index contributed by atoms with van der Waals surface area (Å²) in [6.07, 6.45) is 7.47. The van der Waals surface area contributed by atoms with E-state index in [0.29, 0.717) is 54.0 Å². The van der Waals surface area contributed by atoms with Crippen molar-refractivity contribution in [3.05, 3.63) is 59.8 Å². The number of pyridine rings is 1. The van der Waals surface area contributed by atoms with Crippen molar-refractivity contribution in [3.8, 4) is 17.2 Å².